The summed E-state index contributed by atoms with van der Waals surface area (Å²) in [6.45, 7) is 8.15. The number of ketones is 2. The number of rotatable bonds is 2. The van der Waals surface area contributed by atoms with Crippen LogP contribution < -0.4 is 0 Å². The van der Waals surface area contributed by atoms with Gasteiger partial charge in [-0.25, -0.2) is 0 Å². The highest BCUT2D eigenvalue weighted by Crippen LogP contribution is 2.46. The Balaban J connectivity index is 1.48. The number of benzene rings is 1. The number of hydrogen-bond donors (Lipinski definition) is 0. The van der Waals surface area contributed by atoms with Crippen molar-refractivity contribution in [2.24, 2.45) is 11.3 Å². The molecule has 5 nitrogen and oxygen atoms in total. The van der Waals surface area contributed by atoms with Gasteiger partial charge in [0.2, 0.25) is 5.91 Å². The number of likely N-dealkylation sites (tertiary alicyclic amines) is 1. The fourth-order valence-corrected chi connectivity index (χ4v) is 5.70. The van der Waals surface area contributed by atoms with Crippen LogP contribution in [-0.2, 0) is 19.1 Å². The van der Waals surface area contributed by atoms with Gasteiger partial charge in [-0.1, -0.05) is 5.92 Å². The van der Waals surface area contributed by atoms with Crippen molar-refractivity contribution in [3.05, 3.63) is 34.4 Å². The zero-order valence-electron chi connectivity index (χ0n) is 18.8. The molecule has 4 rings (SSSR count). The van der Waals surface area contributed by atoms with Crippen molar-refractivity contribution >= 4 is 17.5 Å². The fourth-order valence-electron chi connectivity index (χ4n) is 5.70. The van der Waals surface area contributed by atoms with E-state index in [0.29, 0.717) is 39.1 Å². The van der Waals surface area contributed by atoms with Gasteiger partial charge in [0.1, 0.15) is 17.5 Å². The smallest absolute Gasteiger partial charge is 0.228 e. The molecule has 2 heterocycles. The van der Waals surface area contributed by atoms with E-state index in [0.717, 1.165) is 41.5 Å². The maximum Gasteiger partial charge on any atom is 0.228 e. The number of amides is 1. The Bertz CT molecular complexity index is 926. The molecule has 0 N–H and O–H groups in total. The first-order valence-electron chi connectivity index (χ1n) is 11.3. The van der Waals surface area contributed by atoms with Crippen LogP contribution in [0.4, 0.5) is 0 Å². The van der Waals surface area contributed by atoms with Gasteiger partial charge >= 0.3 is 0 Å². The summed E-state index contributed by atoms with van der Waals surface area (Å²) in [5.74, 6) is 5.50. The fraction of sp³-hybridized carbons (Fsp3) is 0.577. The highest BCUT2D eigenvalue weighted by atomic mass is 16.5. The van der Waals surface area contributed by atoms with Crippen LogP contribution in [0.1, 0.15) is 67.2 Å². The van der Waals surface area contributed by atoms with E-state index in [-0.39, 0.29) is 28.8 Å². The number of nitrogens with zero attached hydrogens (tertiary/aromatic N) is 1. The lowest BCUT2D eigenvalue weighted by atomic mass is 9.62. The van der Waals surface area contributed by atoms with Crippen molar-refractivity contribution in [1.29, 1.82) is 0 Å². The third-order valence-electron chi connectivity index (χ3n) is 7.31. The van der Waals surface area contributed by atoms with Crippen LogP contribution in [0.15, 0.2) is 12.1 Å². The van der Waals surface area contributed by atoms with Crippen molar-refractivity contribution in [2.45, 2.75) is 58.8 Å². The molecule has 1 saturated carbocycles. The first-order valence-corrected chi connectivity index (χ1v) is 11.3. The third kappa shape index (κ3) is 4.19. The predicted octanol–water partition coefficient (Wildman–Crippen LogP) is 3.34. The molecule has 31 heavy (non-hydrogen) atoms. The zero-order chi connectivity index (χ0) is 22.2. The molecule has 164 valence electrons. The average molecular weight is 422 g/mol. The van der Waals surface area contributed by atoms with Gasteiger partial charge < -0.3 is 9.64 Å². The molecule has 0 aromatic heterocycles. The molecule has 1 aromatic rings. The van der Waals surface area contributed by atoms with E-state index in [1.807, 2.05) is 30.9 Å². The van der Waals surface area contributed by atoms with E-state index in [9.17, 15) is 14.4 Å². The summed E-state index contributed by atoms with van der Waals surface area (Å²) < 4.78 is 5.36. The van der Waals surface area contributed by atoms with Gasteiger partial charge in [-0.3, -0.25) is 14.4 Å². The summed E-state index contributed by atoms with van der Waals surface area (Å²) >= 11 is 0. The minimum Gasteiger partial charge on any atom is -0.381 e. The second-order valence-corrected chi connectivity index (χ2v) is 9.50. The van der Waals surface area contributed by atoms with E-state index in [4.69, 9.17) is 4.74 Å². The minimum absolute atomic E-state index is 0.0284. The number of aryl methyl sites for hydroxylation is 2. The number of piperidine rings is 1. The van der Waals surface area contributed by atoms with Crippen LogP contribution in [0.25, 0.3) is 0 Å². The van der Waals surface area contributed by atoms with Gasteiger partial charge in [0.15, 0.2) is 0 Å². The van der Waals surface area contributed by atoms with Crippen LogP contribution in [0, 0.1) is 37.0 Å². The normalized spacial score (nSPS) is 23.7. The van der Waals surface area contributed by atoms with Crippen molar-refractivity contribution < 1.29 is 19.1 Å². The molecule has 1 unspecified atom stereocenters. The molecule has 1 atom stereocenters. The largest absolute Gasteiger partial charge is 0.381 e. The van der Waals surface area contributed by atoms with Crippen LogP contribution in [-0.4, -0.2) is 48.7 Å². The third-order valence-corrected chi connectivity index (χ3v) is 7.31. The van der Waals surface area contributed by atoms with E-state index in [1.54, 1.807) is 6.92 Å². The molecule has 0 bridgehead atoms. The Hall–Kier alpha value is -2.45. The lowest BCUT2D eigenvalue weighted by molar-refractivity contribution is -0.142. The van der Waals surface area contributed by atoms with Crippen LogP contribution >= 0.6 is 0 Å². The summed E-state index contributed by atoms with van der Waals surface area (Å²) in [5.41, 5.74) is 3.40. The second kappa shape index (κ2) is 8.59. The average Bonchev–Trinajstić information content (AvgIpc) is 3.25. The monoisotopic (exact) mass is 421 g/mol. The second-order valence-electron chi connectivity index (χ2n) is 9.50. The van der Waals surface area contributed by atoms with Crippen molar-refractivity contribution in [3.63, 3.8) is 0 Å². The number of carbonyl (C=O) groups excluding carboxylic acids is 3. The Labute approximate surface area is 184 Å². The van der Waals surface area contributed by atoms with Crippen LogP contribution in [0.2, 0.25) is 0 Å². The van der Waals surface area contributed by atoms with Crippen molar-refractivity contribution in [2.75, 3.05) is 26.3 Å². The Morgan fingerprint density at radius 1 is 1.10 bits per heavy atom. The van der Waals surface area contributed by atoms with Crippen LogP contribution in [0.3, 0.4) is 0 Å². The summed E-state index contributed by atoms with van der Waals surface area (Å²) in [6.07, 6.45) is 3.08. The molecule has 2 aliphatic heterocycles. The molecule has 1 aliphatic carbocycles. The molecule has 0 radical (unpaired) electrons. The minimum atomic E-state index is -0.662. The maximum atomic E-state index is 13.3. The van der Waals surface area contributed by atoms with Gasteiger partial charge in [-0.15, -0.1) is 5.92 Å². The van der Waals surface area contributed by atoms with Gasteiger partial charge in [-0.05, 0) is 74.3 Å². The summed E-state index contributed by atoms with van der Waals surface area (Å²) in [4.78, 5) is 41.1. The van der Waals surface area contributed by atoms with E-state index >= 15 is 0 Å². The first kappa shape index (κ1) is 21.8. The van der Waals surface area contributed by atoms with Crippen molar-refractivity contribution in [1.82, 2.24) is 4.90 Å². The Morgan fingerprint density at radius 2 is 1.71 bits per heavy atom. The quantitative estimate of drug-likeness (QED) is 0.543. The number of hydrogen-bond acceptors (Lipinski definition) is 4. The molecule has 3 aliphatic rings. The number of ether oxygens (including phenoxy) is 1. The summed E-state index contributed by atoms with van der Waals surface area (Å²) in [6, 6.07) is 3.95. The van der Waals surface area contributed by atoms with Gasteiger partial charge in [0, 0.05) is 38.1 Å². The molecule has 1 amide bonds. The molecule has 3 fully saturated rings. The first-order chi connectivity index (χ1) is 14.8. The number of Topliss-reactive ketones (excluding diaryl/α,β-unsaturated/α-hetero) is 2. The standard InChI is InChI=1S/C26H31NO4/c1-4-5-19-12-17(2)23(18(3)13-19)24-21(28)14-26(15-22(24)29)7-9-27(10-8-26)25(30)20-6-11-31-16-20/h12-13,20,24H,6-11,14-16H2,1-3H3. The lowest BCUT2D eigenvalue weighted by Gasteiger charge is -2.45. The zero-order valence-corrected chi connectivity index (χ0v) is 18.8. The highest BCUT2D eigenvalue weighted by molar-refractivity contribution is 6.10. The lowest BCUT2D eigenvalue weighted by Crippen LogP contribution is -2.49. The highest BCUT2D eigenvalue weighted by Gasteiger charge is 2.48. The maximum absolute atomic E-state index is 13.3. The number of carbonyl (C=O) groups is 3. The van der Waals surface area contributed by atoms with E-state index < -0.39 is 5.92 Å². The van der Waals surface area contributed by atoms with E-state index in [1.165, 1.54) is 0 Å². The topological polar surface area (TPSA) is 63.7 Å². The summed E-state index contributed by atoms with van der Waals surface area (Å²) in [5, 5.41) is 0. The van der Waals surface area contributed by atoms with Crippen molar-refractivity contribution in [3.8, 4) is 11.8 Å². The molecular formula is C26H31NO4. The SMILES string of the molecule is CC#Cc1cc(C)c(C2C(=O)CC3(CCN(C(=O)C4CCOC4)CC3)CC2=O)c(C)c1. The van der Waals surface area contributed by atoms with E-state index in [2.05, 4.69) is 11.8 Å². The Kier molecular flexibility index (Phi) is 6.03. The predicted molar refractivity (Wildman–Crippen MR) is 118 cm³/mol. The van der Waals surface area contributed by atoms with Gasteiger partial charge in [0.25, 0.3) is 0 Å². The van der Waals surface area contributed by atoms with Crippen LogP contribution in [0.5, 0.6) is 0 Å². The molecule has 1 aromatic carbocycles. The summed E-state index contributed by atoms with van der Waals surface area (Å²) in [7, 11) is 0. The molecule has 5 heteroatoms. The molecule has 1 spiro atoms. The Morgan fingerprint density at radius 3 is 2.23 bits per heavy atom. The molecular weight excluding hydrogens is 390 g/mol. The molecule has 2 saturated heterocycles. The van der Waals surface area contributed by atoms with Gasteiger partial charge in [0.05, 0.1) is 12.5 Å². The van der Waals surface area contributed by atoms with Gasteiger partial charge in [-0.2, -0.15) is 0 Å².